The summed E-state index contributed by atoms with van der Waals surface area (Å²) in [5.74, 6) is 1.22. The van der Waals surface area contributed by atoms with E-state index in [0.29, 0.717) is 17.6 Å². The van der Waals surface area contributed by atoms with Crippen LogP contribution in [0.25, 0.3) is 0 Å². The number of nitrogens with zero attached hydrogens (tertiary/aromatic N) is 1. The number of hydrogen-bond donors (Lipinski definition) is 1. The lowest BCUT2D eigenvalue weighted by atomic mass is 9.71. The Morgan fingerprint density at radius 2 is 2.11 bits per heavy atom. The molecule has 18 heavy (non-hydrogen) atoms. The van der Waals surface area contributed by atoms with E-state index in [1.807, 2.05) is 0 Å². The van der Waals surface area contributed by atoms with Crippen molar-refractivity contribution in [2.45, 2.75) is 57.0 Å². The molecule has 0 aromatic heterocycles. The highest BCUT2D eigenvalue weighted by Gasteiger charge is 2.43. The third kappa shape index (κ3) is 2.35. The maximum atomic E-state index is 11.7. The van der Waals surface area contributed by atoms with Crippen LogP contribution >= 0.6 is 0 Å². The van der Waals surface area contributed by atoms with Gasteiger partial charge in [0.05, 0.1) is 5.60 Å². The van der Waals surface area contributed by atoms with Crippen LogP contribution in [0.1, 0.15) is 51.4 Å². The molecule has 0 spiro atoms. The first kappa shape index (κ1) is 12.6. The number of carbonyl (C=O) groups excluding carboxylic acids is 1. The van der Waals surface area contributed by atoms with Crippen molar-refractivity contribution in [2.75, 3.05) is 19.6 Å². The van der Waals surface area contributed by atoms with E-state index < -0.39 is 0 Å². The summed E-state index contributed by atoms with van der Waals surface area (Å²) in [5, 5.41) is 10.6. The molecule has 1 heterocycles. The van der Waals surface area contributed by atoms with Crippen LogP contribution < -0.4 is 0 Å². The molecule has 3 heteroatoms. The Hall–Kier alpha value is -0.410. The van der Waals surface area contributed by atoms with Crippen LogP contribution in [0.5, 0.6) is 0 Å². The molecule has 0 radical (unpaired) electrons. The van der Waals surface area contributed by atoms with Gasteiger partial charge in [-0.25, -0.2) is 0 Å². The van der Waals surface area contributed by atoms with Gasteiger partial charge in [0, 0.05) is 37.9 Å². The largest absolute Gasteiger partial charge is 0.390 e. The van der Waals surface area contributed by atoms with E-state index in [9.17, 15) is 9.90 Å². The van der Waals surface area contributed by atoms with E-state index in [4.69, 9.17) is 0 Å². The molecule has 0 bridgehead atoms. The van der Waals surface area contributed by atoms with Crippen LogP contribution in [0, 0.1) is 11.8 Å². The molecule has 3 atom stereocenters. The van der Waals surface area contributed by atoms with Crippen molar-refractivity contribution in [3.63, 3.8) is 0 Å². The van der Waals surface area contributed by atoms with Gasteiger partial charge in [-0.15, -0.1) is 0 Å². The van der Waals surface area contributed by atoms with Gasteiger partial charge in [0.2, 0.25) is 0 Å². The van der Waals surface area contributed by atoms with Crippen LogP contribution in [-0.2, 0) is 4.79 Å². The number of carbonyl (C=O) groups is 1. The van der Waals surface area contributed by atoms with Crippen molar-refractivity contribution in [2.24, 2.45) is 11.8 Å². The minimum atomic E-state index is -0.381. The SMILES string of the molecule is O=C1CCCC1CN1CCC2(O)CCCCC2C1. The van der Waals surface area contributed by atoms with Gasteiger partial charge >= 0.3 is 0 Å². The van der Waals surface area contributed by atoms with Gasteiger partial charge in [0.1, 0.15) is 5.78 Å². The summed E-state index contributed by atoms with van der Waals surface area (Å²) < 4.78 is 0. The number of Topliss-reactive ketones (excluding diaryl/α,β-unsaturated/α-hetero) is 1. The standard InChI is InChI=1S/C15H25NO2/c17-14-6-3-4-12(14)10-16-9-8-15(18)7-2-1-5-13(15)11-16/h12-13,18H,1-11H2. The van der Waals surface area contributed by atoms with Gasteiger partial charge < -0.3 is 10.0 Å². The average molecular weight is 251 g/mol. The van der Waals surface area contributed by atoms with E-state index in [2.05, 4.69) is 4.90 Å². The van der Waals surface area contributed by atoms with Crippen LogP contribution in [0.2, 0.25) is 0 Å². The van der Waals surface area contributed by atoms with Crippen molar-refractivity contribution in [1.82, 2.24) is 4.90 Å². The Balaban J connectivity index is 1.58. The summed E-state index contributed by atoms with van der Waals surface area (Å²) >= 11 is 0. The molecule has 3 aliphatic rings. The van der Waals surface area contributed by atoms with Crippen molar-refractivity contribution in [3.8, 4) is 0 Å². The van der Waals surface area contributed by atoms with Crippen LogP contribution in [-0.4, -0.2) is 41.0 Å². The summed E-state index contributed by atoms with van der Waals surface area (Å²) in [6.45, 7) is 2.95. The second-order valence-corrected chi connectivity index (χ2v) is 6.61. The number of piperidine rings is 1. The Bertz CT molecular complexity index is 330. The Morgan fingerprint density at radius 3 is 2.89 bits per heavy atom. The second kappa shape index (κ2) is 4.93. The summed E-state index contributed by atoms with van der Waals surface area (Å²) in [4.78, 5) is 14.2. The minimum absolute atomic E-state index is 0.291. The Kier molecular flexibility index (Phi) is 3.46. The molecule has 3 rings (SSSR count). The lowest BCUT2D eigenvalue weighted by Gasteiger charge is -2.47. The molecule has 1 N–H and O–H groups in total. The summed E-state index contributed by atoms with van der Waals surface area (Å²) in [6.07, 6.45) is 8.51. The molecular weight excluding hydrogens is 226 g/mol. The third-order valence-electron chi connectivity index (χ3n) is 5.42. The molecule has 3 nitrogen and oxygen atoms in total. The molecular formula is C15H25NO2. The lowest BCUT2D eigenvalue weighted by molar-refractivity contribution is -0.123. The van der Waals surface area contributed by atoms with E-state index in [-0.39, 0.29) is 5.60 Å². The lowest BCUT2D eigenvalue weighted by Crippen LogP contribution is -2.54. The number of hydrogen-bond acceptors (Lipinski definition) is 3. The predicted molar refractivity (Wildman–Crippen MR) is 70.3 cm³/mol. The molecule has 102 valence electrons. The molecule has 0 aromatic rings. The van der Waals surface area contributed by atoms with Gasteiger partial charge in [-0.1, -0.05) is 12.8 Å². The monoisotopic (exact) mass is 251 g/mol. The van der Waals surface area contributed by atoms with Crippen molar-refractivity contribution in [3.05, 3.63) is 0 Å². The first-order valence-electron chi connectivity index (χ1n) is 7.65. The molecule has 1 aliphatic heterocycles. The summed E-state index contributed by atoms with van der Waals surface area (Å²) in [6, 6.07) is 0. The maximum absolute atomic E-state index is 11.7. The second-order valence-electron chi connectivity index (χ2n) is 6.61. The fraction of sp³-hybridized carbons (Fsp3) is 0.933. The fourth-order valence-electron chi connectivity index (χ4n) is 4.20. The first-order valence-corrected chi connectivity index (χ1v) is 7.65. The van der Waals surface area contributed by atoms with Crippen molar-refractivity contribution in [1.29, 1.82) is 0 Å². The Morgan fingerprint density at radius 1 is 1.22 bits per heavy atom. The quantitative estimate of drug-likeness (QED) is 0.816. The zero-order valence-electron chi connectivity index (χ0n) is 11.2. The number of rotatable bonds is 2. The first-order chi connectivity index (χ1) is 8.67. The fourth-order valence-corrected chi connectivity index (χ4v) is 4.20. The van der Waals surface area contributed by atoms with E-state index in [1.165, 1.54) is 19.3 Å². The molecule has 2 aliphatic carbocycles. The number of fused-ring (bicyclic) bond motifs is 1. The molecule has 0 aromatic carbocycles. The van der Waals surface area contributed by atoms with E-state index in [1.54, 1.807) is 0 Å². The highest BCUT2D eigenvalue weighted by atomic mass is 16.3. The molecule has 2 saturated carbocycles. The average Bonchev–Trinajstić information content (AvgIpc) is 2.75. The number of aliphatic hydroxyl groups is 1. The highest BCUT2D eigenvalue weighted by Crippen LogP contribution is 2.40. The van der Waals surface area contributed by atoms with Gasteiger partial charge in [0.15, 0.2) is 0 Å². The highest BCUT2D eigenvalue weighted by molar-refractivity contribution is 5.83. The predicted octanol–water partition coefficient (Wildman–Crippen LogP) is 1.98. The minimum Gasteiger partial charge on any atom is -0.390 e. The van der Waals surface area contributed by atoms with Crippen molar-refractivity contribution < 1.29 is 9.90 Å². The normalized spacial score (nSPS) is 41.9. The van der Waals surface area contributed by atoms with Gasteiger partial charge in [-0.05, 0) is 32.1 Å². The zero-order valence-corrected chi connectivity index (χ0v) is 11.2. The van der Waals surface area contributed by atoms with Crippen LogP contribution in [0.3, 0.4) is 0 Å². The number of ketones is 1. The Labute approximate surface area is 110 Å². The zero-order chi connectivity index (χ0) is 12.6. The topological polar surface area (TPSA) is 40.5 Å². The molecule has 0 amide bonds. The maximum Gasteiger partial charge on any atom is 0.137 e. The molecule has 1 saturated heterocycles. The number of likely N-dealkylation sites (tertiary alicyclic amines) is 1. The van der Waals surface area contributed by atoms with Gasteiger partial charge in [-0.2, -0.15) is 0 Å². The molecule has 3 fully saturated rings. The van der Waals surface area contributed by atoms with Gasteiger partial charge in [-0.3, -0.25) is 4.79 Å². The third-order valence-corrected chi connectivity index (χ3v) is 5.42. The van der Waals surface area contributed by atoms with Crippen LogP contribution in [0.4, 0.5) is 0 Å². The summed E-state index contributed by atoms with van der Waals surface area (Å²) in [5.41, 5.74) is -0.381. The van der Waals surface area contributed by atoms with E-state index >= 15 is 0 Å². The van der Waals surface area contributed by atoms with Crippen molar-refractivity contribution >= 4 is 5.78 Å². The molecule has 3 unspecified atom stereocenters. The van der Waals surface area contributed by atoms with Gasteiger partial charge in [0.25, 0.3) is 0 Å². The summed E-state index contributed by atoms with van der Waals surface area (Å²) in [7, 11) is 0. The smallest absolute Gasteiger partial charge is 0.137 e. The van der Waals surface area contributed by atoms with Crippen LogP contribution in [0.15, 0.2) is 0 Å². The van der Waals surface area contributed by atoms with E-state index in [0.717, 1.165) is 51.7 Å².